The Hall–Kier alpha value is -2.03. The van der Waals surface area contributed by atoms with E-state index in [1.807, 2.05) is 23.6 Å². The second kappa shape index (κ2) is 7.25. The number of rotatable bonds is 3. The van der Waals surface area contributed by atoms with Crippen molar-refractivity contribution in [2.24, 2.45) is 0 Å². The fourth-order valence-corrected chi connectivity index (χ4v) is 4.22. The van der Waals surface area contributed by atoms with Crippen molar-refractivity contribution >= 4 is 50.4 Å². The summed E-state index contributed by atoms with van der Waals surface area (Å²) < 4.78 is 0.658. The van der Waals surface area contributed by atoms with Gasteiger partial charge in [0.25, 0.3) is 11.8 Å². The van der Waals surface area contributed by atoms with Gasteiger partial charge in [0.2, 0.25) is 0 Å². The highest BCUT2D eigenvalue weighted by Gasteiger charge is 2.18. The standard InChI is InChI=1S/C16H12BrN3O2S2/c1-9-13(24-16(18-9)12-7-4-8-23-12)15(22)20-19-14(21)10-5-2-3-6-11(10)17/h2-8H,1H3,(H,19,21)(H,20,22). The van der Waals surface area contributed by atoms with E-state index in [0.717, 1.165) is 9.88 Å². The molecule has 2 amide bonds. The number of hydrazine groups is 1. The van der Waals surface area contributed by atoms with Gasteiger partial charge in [0.1, 0.15) is 9.88 Å². The molecule has 0 saturated carbocycles. The molecule has 0 spiro atoms. The predicted molar refractivity (Wildman–Crippen MR) is 99.2 cm³/mol. The summed E-state index contributed by atoms with van der Waals surface area (Å²) in [6, 6.07) is 10.9. The van der Waals surface area contributed by atoms with E-state index in [1.165, 1.54) is 11.3 Å². The summed E-state index contributed by atoms with van der Waals surface area (Å²) in [7, 11) is 0. The third-order valence-corrected chi connectivity index (χ3v) is 6.03. The van der Waals surface area contributed by atoms with E-state index in [1.54, 1.807) is 36.5 Å². The lowest BCUT2D eigenvalue weighted by Crippen LogP contribution is -2.41. The summed E-state index contributed by atoms with van der Waals surface area (Å²) in [5, 5.41) is 2.76. The molecule has 0 fully saturated rings. The normalized spacial score (nSPS) is 10.4. The van der Waals surface area contributed by atoms with Crippen molar-refractivity contribution in [3.8, 4) is 9.88 Å². The van der Waals surface area contributed by atoms with Crippen molar-refractivity contribution in [1.29, 1.82) is 0 Å². The molecule has 3 aromatic rings. The highest BCUT2D eigenvalue weighted by atomic mass is 79.9. The highest BCUT2D eigenvalue weighted by molar-refractivity contribution is 9.10. The molecule has 0 aliphatic rings. The van der Waals surface area contributed by atoms with E-state index in [9.17, 15) is 9.59 Å². The summed E-state index contributed by atoms with van der Waals surface area (Å²) in [6.45, 7) is 1.78. The van der Waals surface area contributed by atoms with Crippen LogP contribution >= 0.6 is 38.6 Å². The number of hydrogen-bond donors (Lipinski definition) is 2. The van der Waals surface area contributed by atoms with Gasteiger partial charge in [0.05, 0.1) is 16.1 Å². The van der Waals surface area contributed by atoms with Crippen LogP contribution in [-0.2, 0) is 0 Å². The number of nitrogens with one attached hydrogen (secondary N) is 2. The zero-order valence-electron chi connectivity index (χ0n) is 12.5. The fraction of sp³-hybridized carbons (Fsp3) is 0.0625. The van der Waals surface area contributed by atoms with Gasteiger partial charge in [-0.05, 0) is 46.4 Å². The lowest BCUT2D eigenvalue weighted by atomic mass is 10.2. The van der Waals surface area contributed by atoms with Crippen LogP contribution in [-0.4, -0.2) is 16.8 Å². The van der Waals surface area contributed by atoms with Crippen molar-refractivity contribution in [2.75, 3.05) is 0 Å². The molecule has 3 rings (SSSR count). The van der Waals surface area contributed by atoms with Crippen molar-refractivity contribution in [3.63, 3.8) is 0 Å². The first-order valence-electron chi connectivity index (χ1n) is 6.93. The van der Waals surface area contributed by atoms with Gasteiger partial charge >= 0.3 is 0 Å². The third-order valence-electron chi connectivity index (χ3n) is 3.14. The Morgan fingerprint density at radius 2 is 1.83 bits per heavy atom. The van der Waals surface area contributed by atoms with Crippen LogP contribution in [0.5, 0.6) is 0 Å². The van der Waals surface area contributed by atoms with Gasteiger partial charge in [-0.3, -0.25) is 20.4 Å². The molecular weight excluding hydrogens is 410 g/mol. The Balaban J connectivity index is 1.70. The van der Waals surface area contributed by atoms with Crippen LogP contribution in [0.4, 0.5) is 0 Å². The third kappa shape index (κ3) is 3.55. The van der Waals surface area contributed by atoms with Crippen molar-refractivity contribution in [1.82, 2.24) is 15.8 Å². The molecule has 8 heteroatoms. The topological polar surface area (TPSA) is 71.1 Å². The first-order valence-corrected chi connectivity index (χ1v) is 9.41. The minimum Gasteiger partial charge on any atom is -0.267 e. The van der Waals surface area contributed by atoms with E-state index in [2.05, 4.69) is 31.8 Å². The summed E-state index contributed by atoms with van der Waals surface area (Å²) in [6.07, 6.45) is 0. The van der Waals surface area contributed by atoms with E-state index in [-0.39, 0.29) is 5.91 Å². The average molecular weight is 422 g/mol. The van der Waals surface area contributed by atoms with Crippen LogP contribution in [0.2, 0.25) is 0 Å². The Morgan fingerprint density at radius 1 is 1.08 bits per heavy atom. The number of thiazole rings is 1. The van der Waals surface area contributed by atoms with Gasteiger partial charge in [-0.2, -0.15) is 0 Å². The van der Waals surface area contributed by atoms with E-state index in [0.29, 0.717) is 20.6 Å². The number of halogens is 1. The van der Waals surface area contributed by atoms with E-state index in [4.69, 9.17) is 0 Å². The molecule has 2 heterocycles. The number of nitrogens with zero attached hydrogens (tertiary/aromatic N) is 1. The molecular formula is C16H12BrN3O2S2. The smallest absolute Gasteiger partial charge is 0.267 e. The molecule has 1 aromatic carbocycles. The first-order chi connectivity index (χ1) is 11.6. The SMILES string of the molecule is Cc1nc(-c2cccs2)sc1C(=O)NNC(=O)c1ccccc1Br. The van der Waals surface area contributed by atoms with Gasteiger partial charge in [0.15, 0.2) is 0 Å². The quantitative estimate of drug-likeness (QED) is 0.627. The van der Waals surface area contributed by atoms with E-state index < -0.39 is 5.91 Å². The average Bonchev–Trinajstić information content (AvgIpc) is 3.22. The molecule has 0 atom stereocenters. The molecule has 0 unspecified atom stereocenters. The first kappa shape index (κ1) is 16.8. The maximum Gasteiger partial charge on any atom is 0.281 e. The van der Waals surface area contributed by atoms with Crippen molar-refractivity contribution < 1.29 is 9.59 Å². The molecule has 2 N–H and O–H groups in total. The van der Waals surface area contributed by atoms with Gasteiger partial charge in [-0.1, -0.05) is 18.2 Å². The molecule has 2 aromatic heterocycles. The Labute approximate surface area is 154 Å². The largest absolute Gasteiger partial charge is 0.281 e. The molecule has 122 valence electrons. The molecule has 0 radical (unpaired) electrons. The maximum atomic E-state index is 12.3. The number of aryl methyl sites for hydroxylation is 1. The number of aromatic nitrogens is 1. The Bertz CT molecular complexity index is 891. The van der Waals surface area contributed by atoms with Crippen LogP contribution in [0.3, 0.4) is 0 Å². The molecule has 0 bridgehead atoms. The lowest BCUT2D eigenvalue weighted by Gasteiger charge is -2.07. The number of thiophene rings is 1. The van der Waals surface area contributed by atoms with E-state index >= 15 is 0 Å². The number of amides is 2. The monoisotopic (exact) mass is 421 g/mol. The van der Waals surface area contributed by atoms with Gasteiger partial charge in [-0.25, -0.2) is 4.98 Å². The summed E-state index contributed by atoms with van der Waals surface area (Å²) in [4.78, 5) is 30.3. The second-order valence-electron chi connectivity index (χ2n) is 4.80. The Morgan fingerprint density at radius 3 is 2.54 bits per heavy atom. The van der Waals surface area contributed by atoms with Crippen LogP contribution in [0.15, 0.2) is 46.3 Å². The van der Waals surface area contributed by atoms with Gasteiger partial charge < -0.3 is 0 Å². The molecule has 0 aliphatic heterocycles. The summed E-state index contributed by atoms with van der Waals surface area (Å²) in [5.41, 5.74) is 5.94. The predicted octanol–water partition coefficient (Wildman–Crippen LogP) is 4.02. The zero-order valence-corrected chi connectivity index (χ0v) is 15.7. The number of hydrogen-bond acceptors (Lipinski definition) is 5. The minimum absolute atomic E-state index is 0.381. The van der Waals surface area contributed by atoms with Crippen molar-refractivity contribution in [3.05, 3.63) is 62.4 Å². The number of carbonyl (C=O) groups excluding carboxylic acids is 2. The molecule has 5 nitrogen and oxygen atoms in total. The summed E-state index contributed by atoms with van der Waals surface area (Å²) in [5.74, 6) is -0.773. The number of carbonyl (C=O) groups is 2. The van der Waals surface area contributed by atoms with Crippen molar-refractivity contribution in [2.45, 2.75) is 6.92 Å². The maximum absolute atomic E-state index is 12.3. The highest BCUT2D eigenvalue weighted by Crippen LogP contribution is 2.30. The van der Waals surface area contributed by atoms with Gasteiger partial charge in [0, 0.05) is 4.47 Å². The van der Waals surface area contributed by atoms with Crippen LogP contribution in [0, 0.1) is 6.92 Å². The zero-order chi connectivity index (χ0) is 17.1. The molecule has 0 saturated heterocycles. The van der Waals surface area contributed by atoms with Crippen LogP contribution < -0.4 is 10.9 Å². The lowest BCUT2D eigenvalue weighted by molar-refractivity contribution is 0.0848. The van der Waals surface area contributed by atoms with Gasteiger partial charge in [-0.15, -0.1) is 22.7 Å². The van der Waals surface area contributed by atoms with Crippen LogP contribution in [0.1, 0.15) is 25.7 Å². The number of benzene rings is 1. The molecule has 24 heavy (non-hydrogen) atoms. The fourth-order valence-electron chi connectivity index (χ4n) is 2.00. The Kier molecular flexibility index (Phi) is 5.08. The van der Waals surface area contributed by atoms with Crippen LogP contribution in [0.25, 0.3) is 9.88 Å². The summed E-state index contributed by atoms with van der Waals surface area (Å²) >= 11 is 6.18. The minimum atomic E-state index is -0.392. The molecule has 0 aliphatic carbocycles. The second-order valence-corrected chi connectivity index (χ2v) is 7.60.